The summed E-state index contributed by atoms with van der Waals surface area (Å²) in [6.07, 6.45) is 1.39. The van der Waals surface area contributed by atoms with Crippen LogP contribution in [0.25, 0.3) is 6.08 Å². The first kappa shape index (κ1) is 20.5. The van der Waals surface area contributed by atoms with E-state index in [-0.39, 0.29) is 24.5 Å². The number of amides is 2. The predicted octanol–water partition coefficient (Wildman–Crippen LogP) is 1.92. The summed E-state index contributed by atoms with van der Waals surface area (Å²) in [5.41, 5.74) is 6.15. The summed E-state index contributed by atoms with van der Waals surface area (Å²) in [5.74, 6) is -0.947. The molecule has 2 aromatic carbocycles. The van der Waals surface area contributed by atoms with Crippen LogP contribution in [0, 0.1) is 17.1 Å². The zero-order valence-electron chi connectivity index (χ0n) is 15.1. The molecule has 3 N–H and O–H groups in total. The van der Waals surface area contributed by atoms with E-state index in [1.807, 2.05) is 6.07 Å². The van der Waals surface area contributed by atoms with Crippen LogP contribution in [-0.2, 0) is 16.1 Å². The fourth-order valence-electron chi connectivity index (χ4n) is 2.24. The molecule has 0 saturated carbocycles. The second-order valence-corrected chi connectivity index (χ2v) is 5.64. The lowest BCUT2D eigenvalue weighted by molar-refractivity contribution is -0.120. The van der Waals surface area contributed by atoms with Gasteiger partial charge in [0.1, 0.15) is 17.5 Å². The highest BCUT2D eigenvalue weighted by Crippen LogP contribution is 2.28. The molecule has 8 heteroatoms. The molecule has 2 amide bonds. The third-order valence-corrected chi connectivity index (χ3v) is 3.60. The van der Waals surface area contributed by atoms with E-state index in [4.69, 9.17) is 15.2 Å². The Bertz CT molecular complexity index is 933. The van der Waals surface area contributed by atoms with Crippen LogP contribution in [0.3, 0.4) is 0 Å². The smallest absolute Gasteiger partial charge is 0.262 e. The standard InChI is InChI=1S/C20H18FN3O4/c1-27-18-9-14(4-7-17(18)28-12-19(23)25)8-15(10-22)20(26)24-11-13-2-5-16(21)6-3-13/h2-9H,11-12H2,1H3,(H2,23,25)(H,24,26)/b15-8+. The van der Waals surface area contributed by atoms with Gasteiger partial charge in [0, 0.05) is 6.54 Å². The maximum absolute atomic E-state index is 12.9. The van der Waals surface area contributed by atoms with Crippen molar-refractivity contribution in [1.82, 2.24) is 5.32 Å². The molecule has 2 rings (SSSR count). The molecule has 0 fully saturated rings. The predicted molar refractivity (Wildman–Crippen MR) is 99.5 cm³/mol. The van der Waals surface area contributed by atoms with Crippen LogP contribution in [0.4, 0.5) is 4.39 Å². The van der Waals surface area contributed by atoms with Crippen LogP contribution in [-0.4, -0.2) is 25.5 Å². The number of ether oxygens (including phenoxy) is 2. The van der Waals surface area contributed by atoms with Gasteiger partial charge in [-0.3, -0.25) is 9.59 Å². The molecule has 0 heterocycles. The number of primary amides is 1. The van der Waals surface area contributed by atoms with Crippen molar-refractivity contribution in [1.29, 1.82) is 5.26 Å². The number of methoxy groups -OCH3 is 1. The summed E-state index contributed by atoms with van der Waals surface area (Å²) in [7, 11) is 1.42. The molecule has 0 aliphatic carbocycles. The number of nitrogens with two attached hydrogens (primary N) is 1. The number of hydrogen-bond acceptors (Lipinski definition) is 5. The Morgan fingerprint density at radius 3 is 2.54 bits per heavy atom. The molecule has 0 aliphatic rings. The molecule has 0 bridgehead atoms. The largest absolute Gasteiger partial charge is 0.493 e. The highest BCUT2D eigenvalue weighted by molar-refractivity contribution is 6.01. The molecule has 28 heavy (non-hydrogen) atoms. The van der Waals surface area contributed by atoms with Gasteiger partial charge in [-0.05, 0) is 41.5 Å². The Kier molecular flexibility index (Phi) is 7.11. The monoisotopic (exact) mass is 383 g/mol. The lowest BCUT2D eigenvalue weighted by Crippen LogP contribution is -2.23. The van der Waals surface area contributed by atoms with E-state index in [1.54, 1.807) is 30.3 Å². The van der Waals surface area contributed by atoms with Gasteiger partial charge in [0.25, 0.3) is 11.8 Å². The van der Waals surface area contributed by atoms with Gasteiger partial charge >= 0.3 is 0 Å². The Morgan fingerprint density at radius 2 is 1.93 bits per heavy atom. The minimum Gasteiger partial charge on any atom is -0.493 e. The zero-order valence-corrected chi connectivity index (χ0v) is 15.1. The molecule has 0 atom stereocenters. The molecule has 0 unspecified atom stereocenters. The highest BCUT2D eigenvalue weighted by atomic mass is 19.1. The number of nitrogens with one attached hydrogen (secondary N) is 1. The summed E-state index contributed by atoms with van der Waals surface area (Å²) in [5, 5.41) is 11.9. The summed E-state index contributed by atoms with van der Waals surface area (Å²) < 4.78 is 23.3. The van der Waals surface area contributed by atoms with Crippen molar-refractivity contribution >= 4 is 17.9 Å². The van der Waals surface area contributed by atoms with E-state index in [9.17, 15) is 19.2 Å². The van der Waals surface area contributed by atoms with Crippen LogP contribution in [0.5, 0.6) is 11.5 Å². The van der Waals surface area contributed by atoms with E-state index in [0.717, 1.165) is 0 Å². The van der Waals surface area contributed by atoms with Gasteiger partial charge in [0.15, 0.2) is 18.1 Å². The van der Waals surface area contributed by atoms with E-state index in [2.05, 4.69) is 5.32 Å². The third-order valence-electron chi connectivity index (χ3n) is 3.60. The second kappa shape index (κ2) is 9.73. The van der Waals surface area contributed by atoms with Crippen molar-refractivity contribution in [2.45, 2.75) is 6.54 Å². The first-order chi connectivity index (χ1) is 13.4. The number of nitrogens with zero attached hydrogens (tertiary/aromatic N) is 1. The van der Waals surface area contributed by atoms with Gasteiger partial charge < -0.3 is 20.5 Å². The van der Waals surface area contributed by atoms with Crippen LogP contribution in [0.15, 0.2) is 48.0 Å². The molecule has 0 aromatic heterocycles. The molecular formula is C20H18FN3O4. The quantitative estimate of drug-likeness (QED) is 0.534. The SMILES string of the molecule is COc1cc(/C=C(\C#N)C(=O)NCc2ccc(F)cc2)ccc1OCC(N)=O. The Balaban J connectivity index is 2.11. The fraction of sp³-hybridized carbons (Fsp3) is 0.150. The van der Waals surface area contributed by atoms with E-state index < -0.39 is 11.8 Å². The number of carbonyl (C=O) groups excluding carboxylic acids is 2. The van der Waals surface area contributed by atoms with Crippen LogP contribution < -0.4 is 20.5 Å². The van der Waals surface area contributed by atoms with Crippen LogP contribution >= 0.6 is 0 Å². The average molecular weight is 383 g/mol. The van der Waals surface area contributed by atoms with E-state index >= 15 is 0 Å². The van der Waals surface area contributed by atoms with Gasteiger partial charge in [-0.25, -0.2) is 4.39 Å². The minimum absolute atomic E-state index is 0.116. The number of carbonyl (C=O) groups is 2. The number of rotatable bonds is 8. The molecule has 0 aliphatic heterocycles. The van der Waals surface area contributed by atoms with Crippen molar-refractivity contribution in [2.75, 3.05) is 13.7 Å². The Morgan fingerprint density at radius 1 is 1.21 bits per heavy atom. The number of hydrogen-bond donors (Lipinski definition) is 2. The lowest BCUT2D eigenvalue weighted by Gasteiger charge is -2.10. The van der Waals surface area contributed by atoms with Gasteiger partial charge in [0.2, 0.25) is 0 Å². The summed E-state index contributed by atoms with van der Waals surface area (Å²) >= 11 is 0. The Labute approximate surface area is 161 Å². The molecule has 0 radical (unpaired) electrons. The van der Waals surface area contributed by atoms with Crippen molar-refractivity contribution in [3.8, 4) is 17.6 Å². The topological polar surface area (TPSA) is 114 Å². The van der Waals surface area contributed by atoms with Gasteiger partial charge in [-0.15, -0.1) is 0 Å². The van der Waals surface area contributed by atoms with Crippen molar-refractivity contribution in [3.05, 3.63) is 65.0 Å². The maximum atomic E-state index is 12.9. The van der Waals surface area contributed by atoms with Crippen molar-refractivity contribution in [2.24, 2.45) is 5.73 Å². The van der Waals surface area contributed by atoms with Crippen LogP contribution in [0.2, 0.25) is 0 Å². The molecule has 0 saturated heterocycles. The van der Waals surface area contributed by atoms with E-state index in [1.165, 1.54) is 25.3 Å². The van der Waals surface area contributed by atoms with Gasteiger partial charge in [-0.1, -0.05) is 18.2 Å². The van der Waals surface area contributed by atoms with Crippen molar-refractivity contribution < 1.29 is 23.5 Å². The zero-order chi connectivity index (χ0) is 20.5. The first-order valence-corrected chi connectivity index (χ1v) is 8.16. The second-order valence-electron chi connectivity index (χ2n) is 5.64. The molecule has 0 spiro atoms. The Hall–Kier alpha value is -3.86. The third kappa shape index (κ3) is 5.85. The van der Waals surface area contributed by atoms with E-state index in [0.29, 0.717) is 22.6 Å². The summed E-state index contributed by atoms with van der Waals surface area (Å²) in [6.45, 7) is -0.151. The minimum atomic E-state index is -0.629. The fourth-order valence-corrected chi connectivity index (χ4v) is 2.24. The highest BCUT2D eigenvalue weighted by Gasteiger charge is 2.11. The molecule has 2 aromatic rings. The van der Waals surface area contributed by atoms with Gasteiger partial charge in [-0.2, -0.15) is 5.26 Å². The number of halogens is 1. The normalized spacial score (nSPS) is 10.7. The lowest BCUT2D eigenvalue weighted by atomic mass is 10.1. The summed E-state index contributed by atoms with van der Waals surface area (Å²) in [6, 6.07) is 12.2. The van der Waals surface area contributed by atoms with Crippen LogP contribution in [0.1, 0.15) is 11.1 Å². The van der Waals surface area contributed by atoms with Crippen molar-refractivity contribution in [3.63, 3.8) is 0 Å². The average Bonchev–Trinajstić information content (AvgIpc) is 2.70. The number of benzene rings is 2. The molecule has 7 nitrogen and oxygen atoms in total. The molecule has 144 valence electrons. The summed E-state index contributed by atoms with van der Waals surface area (Å²) in [4.78, 5) is 23.1. The molecular weight excluding hydrogens is 365 g/mol. The van der Waals surface area contributed by atoms with Gasteiger partial charge in [0.05, 0.1) is 7.11 Å². The maximum Gasteiger partial charge on any atom is 0.262 e. The number of nitriles is 1. The first-order valence-electron chi connectivity index (χ1n) is 8.16.